The van der Waals surface area contributed by atoms with Crippen LogP contribution in [0.4, 0.5) is 0 Å². The molecule has 23 heavy (non-hydrogen) atoms. The summed E-state index contributed by atoms with van der Waals surface area (Å²) >= 11 is 0. The van der Waals surface area contributed by atoms with Crippen molar-refractivity contribution < 1.29 is 14.3 Å². The van der Waals surface area contributed by atoms with Crippen LogP contribution in [-0.2, 0) is 24.2 Å². The van der Waals surface area contributed by atoms with Gasteiger partial charge in [-0.1, -0.05) is 18.2 Å². The first-order valence-corrected chi connectivity index (χ1v) is 7.76. The Hall–Kier alpha value is -2.49. The van der Waals surface area contributed by atoms with E-state index in [2.05, 4.69) is 12.1 Å². The maximum atomic E-state index is 12.5. The molecule has 0 fully saturated rings. The lowest BCUT2D eigenvalue weighted by atomic mass is 9.99. The zero-order valence-electron chi connectivity index (χ0n) is 13.5. The van der Waals surface area contributed by atoms with Gasteiger partial charge in [0.2, 0.25) is 5.91 Å². The van der Waals surface area contributed by atoms with Gasteiger partial charge in [0.15, 0.2) is 0 Å². The number of fused-ring (bicyclic) bond motifs is 1. The molecule has 4 heteroatoms. The predicted octanol–water partition coefficient (Wildman–Crippen LogP) is 2.83. The molecule has 0 bridgehead atoms. The van der Waals surface area contributed by atoms with E-state index < -0.39 is 0 Å². The molecule has 0 spiro atoms. The summed E-state index contributed by atoms with van der Waals surface area (Å²) in [5.74, 6) is 1.85. The molecule has 120 valence electrons. The fourth-order valence-electron chi connectivity index (χ4n) is 2.90. The molecule has 0 saturated carbocycles. The molecule has 1 amide bonds. The van der Waals surface area contributed by atoms with Crippen LogP contribution in [0.15, 0.2) is 42.5 Å². The summed E-state index contributed by atoms with van der Waals surface area (Å²) in [6.07, 6.45) is 1.30. The molecule has 2 aromatic carbocycles. The van der Waals surface area contributed by atoms with E-state index in [4.69, 9.17) is 9.47 Å². The predicted molar refractivity (Wildman–Crippen MR) is 88.8 cm³/mol. The highest BCUT2D eigenvalue weighted by Crippen LogP contribution is 2.24. The molecule has 0 aliphatic carbocycles. The van der Waals surface area contributed by atoms with Gasteiger partial charge in [-0.05, 0) is 47.4 Å². The summed E-state index contributed by atoms with van der Waals surface area (Å²) in [5, 5.41) is 0. The highest BCUT2D eigenvalue weighted by Gasteiger charge is 2.21. The van der Waals surface area contributed by atoms with Gasteiger partial charge in [0.1, 0.15) is 11.5 Å². The van der Waals surface area contributed by atoms with Crippen molar-refractivity contribution in [1.29, 1.82) is 0 Å². The van der Waals surface area contributed by atoms with Crippen LogP contribution in [0.25, 0.3) is 0 Å². The number of rotatable bonds is 4. The lowest BCUT2D eigenvalue weighted by molar-refractivity contribution is -0.131. The summed E-state index contributed by atoms with van der Waals surface area (Å²) in [7, 11) is 3.32. The van der Waals surface area contributed by atoms with Crippen LogP contribution < -0.4 is 9.47 Å². The van der Waals surface area contributed by atoms with Crippen molar-refractivity contribution >= 4 is 5.91 Å². The SMILES string of the molecule is COc1ccc(CC(=O)N2CCc3cc(OC)ccc3C2)cc1. The molecule has 2 aromatic rings. The molecule has 0 atom stereocenters. The monoisotopic (exact) mass is 311 g/mol. The Morgan fingerprint density at radius 3 is 2.39 bits per heavy atom. The minimum Gasteiger partial charge on any atom is -0.497 e. The van der Waals surface area contributed by atoms with Gasteiger partial charge in [-0.3, -0.25) is 4.79 Å². The number of hydrogen-bond acceptors (Lipinski definition) is 3. The van der Waals surface area contributed by atoms with Crippen LogP contribution >= 0.6 is 0 Å². The molecule has 0 radical (unpaired) electrons. The third-order valence-corrected chi connectivity index (χ3v) is 4.29. The molecule has 4 nitrogen and oxygen atoms in total. The first kappa shape index (κ1) is 15.4. The van der Waals surface area contributed by atoms with Gasteiger partial charge in [-0.25, -0.2) is 0 Å². The van der Waals surface area contributed by atoms with E-state index in [1.54, 1.807) is 14.2 Å². The molecular formula is C19H21NO3. The van der Waals surface area contributed by atoms with Crippen molar-refractivity contribution in [3.8, 4) is 11.5 Å². The molecule has 1 aliphatic heterocycles. The van der Waals surface area contributed by atoms with E-state index in [1.165, 1.54) is 11.1 Å². The van der Waals surface area contributed by atoms with Crippen molar-refractivity contribution in [2.45, 2.75) is 19.4 Å². The highest BCUT2D eigenvalue weighted by molar-refractivity contribution is 5.79. The number of carbonyl (C=O) groups excluding carboxylic acids is 1. The van der Waals surface area contributed by atoms with Crippen LogP contribution in [0.3, 0.4) is 0 Å². The van der Waals surface area contributed by atoms with Crippen molar-refractivity contribution in [1.82, 2.24) is 4.90 Å². The van der Waals surface area contributed by atoms with Gasteiger partial charge in [0.25, 0.3) is 0 Å². The van der Waals surface area contributed by atoms with E-state index in [9.17, 15) is 4.79 Å². The third-order valence-electron chi connectivity index (χ3n) is 4.29. The minimum atomic E-state index is 0.164. The Kier molecular flexibility index (Phi) is 4.51. The molecule has 0 saturated heterocycles. The Bertz CT molecular complexity index is 694. The zero-order chi connectivity index (χ0) is 16.2. The van der Waals surface area contributed by atoms with Gasteiger partial charge in [-0.15, -0.1) is 0 Å². The van der Waals surface area contributed by atoms with Gasteiger partial charge in [0.05, 0.1) is 20.6 Å². The normalized spacial score (nSPS) is 13.4. The van der Waals surface area contributed by atoms with Crippen LogP contribution in [0, 0.1) is 0 Å². The Morgan fingerprint density at radius 1 is 1.00 bits per heavy atom. The maximum absolute atomic E-state index is 12.5. The number of carbonyl (C=O) groups is 1. The fraction of sp³-hybridized carbons (Fsp3) is 0.316. The van der Waals surface area contributed by atoms with Gasteiger partial charge < -0.3 is 14.4 Å². The van der Waals surface area contributed by atoms with Crippen molar-refractivity contribution in [3.63, 3.8) is 0 Å². The topological polar surface area (TPSA) is 38.8 Å². The van der Waals surface area contributed by atoms with Crippen molar-refractivity contribution in [2.24, 2.45) is 0 Å². The molecule has 0 unspecified atom stereocenters. The number of benzene rings is 2. The third kappa shape index (κ3) is 3.47. The van der Waals surface area contributed by atoms with Crippen LogP contribution in [0.1, 0.15) is 16.7 Å². The molecule has 0 aromatic heterocycles. The number of hydrogen-bond donors (Lipinski definition) is 0. The van der Waals surface area contributed by atoms with Crippen LogP contribution in [0.2, 0.25) is 0 Å². The fourth-order valence-corrected chi connectivity index (χ4v) is 2.90. The number of ether oxygens (including phenoxy) is 2. The molecule has 3 rings (SSSR count). The lowest BCUT2D eigenvalue weighted by Gasteiger charge is -2.29. The van der Waals surface area contributed by atoms with Crippen molar-refractivity contribution in [3.05, 3.63) is 59.2 Å². The lowest BCUT2D eigenvalue weighted by Crippen LogP contribution is -2.36. The Balaban J connectivity index is 1.66. The summed E-state index contributed by atoms with van der Waals surface area (Å²) in [6, 6.07) is 13.7. The summed E-state index contributed by atoms with van der Waals surface area (Å²) < 4.78 is 10.4. The summed E-state index contributed by atoms with van der Waals surface area (Å²) in [6.45, 7) is 1.43. The second kappa shape index (κ2) is 6.73. The minimum absolute atomic E-state index is 0.164. The van der Waals surface area contributed by atoms with Crippen LogP contribution in [-0.4, -0.2) is 31.6 Å². The quantitative estimate of drug-likeness (QED) is 0.871. The zero-order valence-corrected chi connectivity index (χ0v) is 13.5. The van der Waals surface area contributed by atoms with Gasteiger partial charge >= 0.3 is 0 Å². The first-order valence-electron chi connectivity index (χ1n) is 7.76. The molecule has 0 N–H and O–H groups in total. The number of methoxy groups -OCH3 is 2. The number of nitrogens with zero attached hydrogens (tertiary/aromatic N) is 1. The van der Waals surface area contributed by atoms with Gasteiger partial charge in [0, 0.05) is 13.1 Å². The smallest absolute Gasteiger partial charge is 0.227 e. The van der Waals surface area contributed by atoms with E-state index in [1.807, 2.05) is 35.2 Å². The molecule has 1 heterocycles. The summed E-state index contributed by atoms with van der Waals surface area (Å²) in [5.41, 5.74) is 3.49. The average molecular weight is 311 g/mol. The van der Waals surface area contributed by atoms with E-state index >= 15 is 0 Å². The van der Waals surface area contributed by atoms with Crippen LogP contribution in [0.5, 0.6) is 11.5 Å². The molecular weight excluding hydrogens is 290 g/mol. The largest absolute Gasteiger partial charge is 0.497 e. The highest BCUT2D eigenvalue weighted by atomic mass is 16.5. The van der Waals surface area contributed by atoms with E-state index in [0.29, 0.717) is 13.0 Å². The second-order valence-electron chi connectivity index (χ2n) is 5.72. The Labute approximate surface area is 136 Å². The molecule has 1 aliphatic rings. The van der Waals surface area contributed by atoms with Crippen molar-refractivity contribution in [2.75, 3.05) is 20.8 Å². The summed E-state index contributed by atoms with van der Waals surface area (Å²) in [4.78, 5) is 14.5. The number of amides is 1. The van der Waals surface area contributed by atoms with E-state index in [-0.39, 0.29) is 5.91 Å². The van der Waals surface area contributed by atoms with E-state index in [0.717, 1.165) is 30.0 Å². The maximum Gasteiger partial charge on any atom is 0.227 e. The second-order valence-corrected chi connectivity index (χ2v) is 5.72. The first-order chi connectivity index (χ1) is 11.2. The Morgan fingerprint density at radius 2 is 1.70 bits per heavy atom. The standard InChI is InChI=1S/C19H21NO3/c1-22-17-6-3-14(4-7-17)11-19(21)20-10-9-15-12-18(23-2)8-5-16(15)13-20/h3-8,12H,9-11,13H2,1-2H3. The van der Waals surface area contributed by atoms with Gasteiger partial charge in [-0.2, -0.15) is 0 Å². The average Bonchev–Trinajstić information content (AvgIpc) is 2.61.